The van der Waals surface area contributed by atoms with Crippen LogP contribution in [0.15, 0.2) is 66.9 Å². The summed E-state index contributed by atoms with van der Waals surface area (Å²) in [6, 6.07) is 10.4. The molecule has 1 atom stereocenters. The first-order valence-corrected chi connectivity index (χ1v) is 11.4. The first-order chi connectivity index (χ1) is 18.3. The molecule has 4 nitrogen and oxygen atoms in total. The molecular formula is C25H17ClF10N2O2. The zero-order chi connectivity index (χ0) is 30.1. The highest BCUT2D eigenvalue weighted by molar-refractivity contribution is 6.30. The molecule has 15 heteroatoms. The van der Waals surface area contributed by atoms with Gasteiger partial charge in [0.05, 0.1) is 22.7 Å². The van der Waals surface area contributed by atoms with Crippen molar-refractivity contribution >= 4 is 17.5 Å². The minimum atomic E-state index is -6.37. The van der Waals surface area contributed by atoms with Crippen LogP contribution in [0.1, 0.15) is 28.8 Å². The summed E-state index contributed by atoms with van der Waals surface area (Å²) < 4.78 is 135. The van der Waals surface area contributed by atoms with E-state index in [9.17, 15) is 53.8 Å². The van der Waals surface area contributed by atoms with Gasteiger partial charge in [0.25, 0.3) is 5.60 Å². The van der Waals surface area contributed by atoms with Crippen LogP contribution in [0.5, 0.6) is 0 Å². The van der Waals surface area contributed by atoms with Gasteiger partial charge in [-0.25, -0.2) is 4.39 Å². The molecule has 1 heterocycles. The highest BCUT2D eigenvalue weighted by Crippen LogP contribution is 2.46. The van der Waals surface area contributed by atoms with Gasteiger partial charge in [0, 0.05) is 12.6 Å². The van der Waals surface area contributed by atoms with Gasteiger partial charge in [-0.3, -0.25) is 9.78 Å². The lowest BCUT2D eigenvalue weighted by Crippen LogP contribution is -2.60. The average molecular weight is 603 g/mol. The largest absolute Gasteiger partial charge is 0.426 e. The third-order valence-electron chi connectivity index (χ3n) is 5.90. The van der Waals surface area contributed by atoms with Crippen molar-refractivity contribution in [3.8, 4) is 0 Å². The molecule has 0 fully saturated rings. The first kappa shape index (κ1) is 31.1. The SMILES string of the molecule is O=C(CC(O)(C(F)(F)F)C(F)(F)F)N[C@@](Cc1ccccc1)(c1cc(F)cc(C(F)(F)F)c1)c1ccc(Cl)cn1. The van der Waals surface area contributed by atoms with E-state index in [1.165, 1.54) is 30.3 Å². The van der Waals surface area contributed by atoms with E-state index in [1.54, 1.807) is 0 Å². The van der Waals surface area contributed by atoms with Crippen LogP contribution >= 0.6 is 11.6 Å². The summed E-state index contributed by atoms with van der Waals surface area (Å²) in [7, 11) is 0. The summed E-state index contributed by atoms with van der Waals surface area (Å²) in [5.74, 6) is -3.56. The highest BCUT2D eigenvalue weighted by atomic mass is 35.5. The Morgan fingerprint density at radius 2 is 1.43 bits per heavy atom. The standard InChI is InChI=1S/C25H17ClF10N2O2/c26-17-6-7-19(37-13-17)21(11-14-4-2-1-3-5-14,15-8-16(23(28,29)30)10-18(27)9-15)38-20(39)12-22(40,24(31,32)33)25(34,35)36/h1-10,13,40H,11-12H2,(H,38,39)/t21-/m0/s1. The molecule has 0 spiro atoms. The second kappa shape index (κ2) is 10.9. The van der Waals surface area contributed by atoms with Crippen LogP contribution in [0.3, 0.4) is 0 Å². The lowest BCUT2D eigenvalue weighted by atomic mass is 9.79. The molecule has 0 aliphatic heterocycles. The topological polar surface area (TPSA) is 62.2 Å². The number of hydrogen-bond acceptors (Lipinski definition) is 3. The Morgan fingerprint density at radius 3 is 1.93 bits per heavy atom. The smallest absolute Gasteiger partial charge is 0.373 e. The summed E-state index contributed by atoms with van der Waals surface area (Å²) >= 11 is 5.83. The van der Waals surface area contributed by atoms with E-state index in [4.69, 9.17) is 11.6 Å². The minimum Gasteiger partial charge on any atom is -0.373 e. The normalized spacial score (nSPS) is 14.5. The number of pyridine rings is 1. The van der Waals surface area contributed by atoms with Crippen LogP contribution < -0.4 is 5.32 Å². The number of alkyl halides is 9. The number of amides is 1. The lowest BCUT2D eigenvalue weighted by molar-refractivity contribution is -0.367. The second-order valence-electron chi connectivity index (χ2n) is 8.74. The number of halogens is 11. The second-order valence-corrected chi connectivity index (χ2v) is 9.17. The average Bonchev–Trinajstić information content (AvgIpc) is 2.82. The third kappa shape index (κ3) is 6.49. The van der Waals surface area contributed by atoms with Gasteiger partial charge in [0.1, 0.15) is 11.4 Å². The van der Waals surface area contributed by atoms with Crippen molar-refractivity contribution in [1.82, 2.24) is 10.3 Å². The van der Waals surface area contributed by atoms with Crippen molar-refractivity contribution in [2.24, 2.45) is 0 Å². The fraction of sp³-hybridized carbons (Fsp3) is 0.280. The molecule has 1 amide bonds. The van der Waals surface area contributed by atoms with E-state index in [0.717, 1.165) is 18.3 Å². The molecule has 0 bridgehead atoms. The van der Waals surface area contributed by atoms with Crippen molar-refractivity contribution < 1.29 is 53.8 Å². The number of aliphatic hydroxyl groups is 1. The van der Waals surface area contributed by atoms with Gasteiger partial charge < -0.3 is 10.4 Å². The van der Waals surface area contributed by atoms with Crippen LogP contribution in [0, 0.1) is 5.82 Å². The number of nitrogens with zero attached hydrogens (tertiary/aromatic N) is 1. The predicted molar refractivity (Wildman–Crippen MR) is 121 cm³/mol. The molecule has 3 aromatic rings. The van der Waals surface area contributed by atoms with Gasteiger partial charge >= 0.3 is 18.5 Å². The maximum Gasteiger partial charge on any atom is 0.426 e. The number of carbonyl (C=O) groups is 1. The molecule has 0 aliphatic carbocycles. The van der Waals surface area contributed by atoms with Gasteiger partial charge in [-0.1, -0.05) is 41.9 Å². The van der Waals surface area contributed by atoms with Gasteiger partial charge in [-0.05, 0) is 41.5 Å². The van der Waals surface area contributed by atoms with Gasteiger partial charge in [0.2, 0.25) is 5.91 Å². The Labute approximate surface area is 224 Å². The monoisotopic (exact) mass is 602 g/mol. The number of hydrogen-bond donors (Lipinski definition) is 2. The molecule has 1 aromatic heterocycles. The van der Waals surface area contributed by atoms with Gasteiger partial charge in [-0.15, -0.1) is 0 Å². The molecule has 2 aromatic carbocycles. The fourth-order valence-electron chi connectivity index (χ4n) is 3.93. The maximum absolute atomic E-state index is 14.5. The Kier molecular flexibility index (Phi) is 8.47. The zero-order valence-electron chi connectivity index (χ0n) is 19.7. The molecule has 3 rings (SSSR count). The fourth-order valence-corrected chi connectivity index (χ4v) is 4.04. The van der Waals surface area contributed by atoms with Crippen LogP contribution in [-0.4, -0.2) is 34.0 Å². The summed E-state index contributed by atoms with van der Waals surface area (Å²) in [6.45, 7) is 0. The first-order valence-electron chi connectivity index (χ1n) is 11.0. The van der Waals surface area contributed by atoms with Crippen LogP contribution in [0.25, 0.3) is 0 Å². The van der Waals surface area contributed by atoms with E-state index in [0.29, 0.717) is 12.1 Å². The number of benzene rings is 2. The van der Waals surface area contributed by atoms with Crippen LogP contribution in [-0.2, 0) is 22.9 Å². The van der Waals surface area contributed by atoms with E-state index < -0.39 is 71.1 Å². The zero-order valence-corrected chi connectivity index (χ0v) is 20.5. The molecule has 0 radical (unpaired) electrons. The summed E-state index contributed by atoms with van der Waals surface area (Å²) in [5, 5.41) is 11.4. The maximum atomic E-state index is 14.5. The number of carbonyl (C=O) groups excluding carboxylic acids is 1. The van der Waals surface area contributed by atoms with Crippen LogP contribution in [0.2, 0.25) is 5.02 Å². The predicted octanol–water partition coefficient (Wildman–Crippen LogP) is 6.74. The van der Waals surface area contributed by atoms with Crippen molar-refractivity contribution in [3.05, 3.63) is 100 Å². The Morgan fingerprint density at radius 1 is 0.850 bits per heavy atom. The molecule has 0 aliphatic rings. The number of aromatic nitrogens is 1. The molecule has 40 heavy (non-hydrogen) atoms. The van der Waals surface area contributed by atoms with Crippen molar-refractivity contribution in [2.45, 2.75) is 42.5 Å². The van der Waals surface area contributed by atoms with E-state index in [2.05, 4.69) is 4.98 Å². The molecule has 2 N–H and O–H groups in total. The summed E-state index contributed by atoms with van der Waals surface area (Å²) in [5.41, 5.74) is -10.5. The molecular weight excluding hydrogens is 586 g/mol. The highest BCUT2D eigenvalue weighted by Gasteiger charge is 2.71. The van der Waals surface area contributed by atoms with Crippen LogP contribution in [0.4, 0.5) is 43.9 Å². The van der Waals surface area contributed by atoms with E-state index in [1.807, 2.05) is 5.32 Å². The lowest BCUT2D eigenvalue weighted by Gasteiger charge is -2.38. The molecule has 0 saturated carbocycles. The number of nitrogens with one attached hydrogen (secondary N) is 1. The van der Waals surface area contributed by atoms with Crippen molar-refractivity contribution in [2.75, 3.05) is 0 Å². The minimum absolute atomic E-state index is 0.0255. The summed E-state index contributed by atoms with van der Waals surface area (Å²) in [4.78, 5) is 16.8. The van der Waals surface area contributed by atoms with E-state index in [-0.39, 0.29) is 16.7 Å². The van der Waals surface area contributed by atoms with Gasteiger partial charge in [0.15, 0.2) is 0 Å². The molecule has 0 saturated heterocycles. The quantitative estimate of drug-likeness (QED) is 0.295. The number of rotatable bonds is 7. The van der Waals surface area contributed by atoms with Crippen molar-refractivity contribution in [1.29, 1.82) is 0 Å². The summed E-state index contributed by atoms with van der Waals surface area (Å²) in [6.07, 6.45) is -20.2. The Hall–Kier alpha value is -3.39. The molecule has 216 valence electrons. The van der Waals surface area contributed by atoms with E-state index >= 15 is 0 Å². The Balaban J connectivity index is 2.30. The third-order valence-corrected chi connectivity index (χ3v) is 6.13. The van der Waals surface area contributed by atoms with Gasteiger partial charge in [-0.2, -0.15) is 39.5 Å². The van der Waals surface area contributed by atoms with Crippen molar-refractivity contribution in [3.63, 3.8) is 0 Å². The Bertz CT molecular complexity index is 1330. The molecule has 0 unspecified atom stereocenters.